The number of ether oxygens (including phenoxy) is 2. The number of carbonyl (C=O) groups is 1. The van der Waals surface area contributed by atoms with Gasteiger partial charge < -0.3 is 14.8 Å². The smallest absolute Gasteiger partial charge is 0.255 e. The van der Waals surface area contributed by atoms with Crippen molar-refractivity contribution in [3.8, 4) is 17.2 Å². The van der Waals surface area contributed by atoms with Gasteiger partial charge in [-0.05, 0) is 36.4 Å². The zero-order valence-electron chi connectivity index (χ0n) is 16.4. The molecule has 0 bridgehead atoms. The van der Waals surface area contributed by atoms with Gasteiger partial charge in [0.1, 0.15) is 25.9 Å². The fourth-order valence-electron chi connectivity index (χ4n) is 3.17. The number of nitrogens with one attached hydrogen (secondary N) is 1. The molecule has 3 aromatic carbocycles. The van der Waals surface area contributed by atoms with Crippen LogP contribution in [-0.4, -0.2) is 33.9 Å². The maximum Gasteiger partial charge on any atom is 0.255 e. The van der Waals surface area contributed by atoms with Crippen LogP contribution in [0.15, 0.2) is 89.2 Å². The molecule has 5 rings (SSSR count). The zero-order chi connectivity index (χ0) is 21.0. The van der Waals surface area contributed by atoms with Gasteiger partial charge in [0.05, 0.1) is 11.4 Å². The maximum absolute atomic E-state index is 13.0. The van der Waals surface area contributed by atoms with E-state index in [4.69, 9.17) is 9.47 Å². The molecule has 0 unspecified atom stereocenters. The Kier molecular flexibility index (Phi) is 5.28. The summed E-state index contributed by atoms with van der Waals surface area (Å²) in [5.41, 5.74) is 2.03. The first-order chi connectivity index (χ1) is 15.3. The average molecular weight is 430 g/mol. The summed E-state index contributed by atoms with van der Waals surface area (Å²) >= 11 is 1.56. The van der Waals surface area contributed by atoms with Crippen LogP contribution in [0.5, 0.6) is 11.5 Å². The van der Waals surface area contributed by atoms with Crippen molar-refractivity contribution < 1.29 is 14.3 Å². The summed E-state index contributed by atoms with van der Waals surface area (Å²) in [6, 6.07) is 20.9. The van der Waals surface area contributed by atoms with Gasteiger partial charge in [-0.2, -0.15) is 5.10 Å². The van der Waals surface area contributed by atoms with Crippen molar-refractivity contribution in [2.45, 2.75) is 9.79 Å². The van der Waals surface area contributed by atoms with Gasteiger partial charge in [-0.3, -0.25) is 4.79 Å². The number of fused-ring (bicyclic) bond motifs is 1. The summed E-state index contributed by atoms with van der Waals surface area (Å²) in [6.45, 7) is 0.988. The predicted octanol–water partition coefficient (Wildman–Crippen LogP) is 4.44. The zero-order valence-corrected chi connectivity index (χ0v) is 17.2. The minimum atomic E-state index is -0.211. The highest BCUT2D eigenvalue weighted by Crippen LogP contribution is 2.42. The maximum atomic E-state index is 13.0. The normalized spacial score (nSPS) is 12.4. The second kappa shape index (κ2) is 8.53. The summed E-state index contributed by atoms with van der Waals surface area (Å²) < 4.78 is 13.1. The number of hydrogen-bond acceptors (Lipinski definition) is 6. The van der Waals surface area contributed by atoms with Gasteiger partial charge in [0.2, 0.25) is 0 Å². The second-order valence-corrected chi connectivity index (χ2v) is 7.86. The fraction of sp³-hybridized carbons (Fsp3) is 0.0870. The Labute approximate surface area is 183 Å². The van der Waals surface area contributed by atoms with E-state index in [2.05, 4.69) is 15.4 Å². The third-order valence-electron chi connectivity index (χ3n) is 4.68. The molecule has 4 aromatic rings. The van der Waals surface area contributed by atoms with Crippen LogP contribution in [0.25, 0.3) is 5.69 Å². The summed E-state index contributed by atoms with van der Waals surface area (Å²) in [5, 5.41) is 7.12. The lowest BCUT2D eigenvalue weighted by atomic mass is 10.2. The van der Waals surface area contributed by atoms with E-state index in [1.807, 2.05) is 54.6 Å². The molecule has 0 fully saturated rings. The molecule has 1 aliphatic heterocycles. The van der Waals surface area contributed by atoms with Crippen LogP contribution < -0.4 is 14.8 Å². The highest BCUT2D eigenvalue weighted by molar-refractivity contribution is 7.99. The van der Waals surface area contributed by atoms with E-state index < -0.39 is 0 Å². The van der Waals surface area contributed by atoms with Crippen LogP contribution in [0.2, 0.25) is 0 Å². The minimum absolute atomic E-state index is 0.211. The van der Waals surface area contributed by atoms with E-state index in [-0.39, 0.29) is 5.91 Å². The van der Waals surface area contributed by atoms with E-state index in [1.54, 1.807) is 34.9 Å². The lowest BCUT2D eigenvalue weighted by Crippen LogP contribution is -2.17. The van der Waals surface area contributed by atoms with Crippen molar-refractivity contribution >= 4 is 23.4 Å². The molecule has 1 amide bonds. The monoisotopic (exact) mass is 430 g/mol. The average Bonchev–Trinajstić information content (AvgIpc) is 3.35. The summed E-state index contributed by atoms with van der Waals surface area (Å²) in [7, 11) is 0. The molecule has 0 saturated carbocycles. The largest absolute Gasteiger partial charge is 0.486 e. The molecule has 7 nitrogen and oxygen atoms in total. The van der Waals surface area contributed by atoms with Crippen molar-refractivity contribution in [1.82, 2.24) is 14.8 Å². The number of nitrogens with zero attached hydrogens (tertiary/aromatic N) is 3. The third kappa shape index (κ3) is 4.24. The number of anilines is 1. The van der Waals surface area contributed by atoms with Gasteiger partial charge in [-0.15, -0.1) is 0 Å². The molecule has 1 aliphatic rings. The van der Waals surface area contributed by atoms with Gasteiger partial charge in [0.25, 0.3) is 5.91 Å². The number of benzene rings is 3. The Morgan fingerprint density at radius 1 is 0.968 bits per heavy atom. The molecular formula is C23H18N4O3S. The predicted molar refractivity (Wildman–Crippen MR) is 117 cm³/mol. The third-order valence-corrected chi connectivity index (χ3v) is 5.74. The lowest BCUT2D eigenvalue weighted by molar-refractivity contribution is 0.102. The Bertz CT molecular complexity index is 1200. The summed E-state index contributed by atoms with van der Waals surface area (Å²) in [6.07, 6.45) is 3.08. The Hall–Kier alpha value is -3.78. The van der Waals surface area contributed by atoms with E-state index >= 15 is 0 Å². The van der Waals surface area contributed by atoms with Gasteiger partial charge in [0, 0.05) is 27.5 Å². The SMILES string of the molecule is O=C(Nc1cc2c(cc1Sc1ccccc1)OCCO2)c1ccc(-n2cncn2)cc1. The first-order valence-corrected chi connectivity index (χ1v) is 10.5. The number of rotatable bonds is 5. The van der Waals surface area contributed by atoms with Gasteiger partial charge in [-0.1, -0.05) is 30.0 Å². The molecule has 0 aliphatic carbocycles. The fourth-order valence-corrected chi connectivity index (χ4v) is 4.10. The molecule has 31 heavy (non-hydrogen) atoms. The summed E-state index contributed by atoms with van der Waals surface area (Å²) in [5.74, 6) is 1.09. The molecule has 1 aromatic heterocycles. The number of hydrogen-bond donors (Lipinski definition) is 1. The molecule has 8 heteroatoms. The van der Waals surface area contributed by atoms with E-state index in [9.17, 15) is 4.79 Å². The molecule has 0 atom stereocenters. The lowest BCUT2D eigenvalue weighted by Gasteiger charge is -2.21. The van der Waals surface area contributed by atoms with E-state index in [0.717, 1.165) is 15.5 Å². The first kappa shape index (κ1) is 19.2. The number of aromatic nitrogens is 3. The minimum Gasteiger partial charge on any atom is -0.486 e. The van der Waals surface area contributed by atoms with Gasteiger partial charge >= 0.3 is 0 Å². The van der Waals surface area contributed by atoms with Crippen LogP contribution in [0.3, 0.4) is 0 Å². The van der Waals surface area contributed by atoms with Crippen molar-refractivity contribution in [2.24, 2.45) is 0 Å². The highest BCUT2D eigenvalue weighted by atomic mass is 32.2. The Morgan fingerprint density at radius 2 is 1.71 bits per heavy atom. The molecule has 154 valence electrons. The van der Waals surface area contributed by atoms with Crippen LogP contribution in [0, 0.1) is 0 Å². The van der Waals surface area contributed by atoms with Crippen molar-refractivity contribution in [3.63, 3.8) is 0 Å². The van der Waals surface area contributed by atoms with Gasteiger partial charge in [0.15, 0.2) is 11.5 Å². The van der Waals surface area contributed by atoms with E-state index in [1.165, 1.54) is 6.33 Å². The highest BCUT2D eigenvalue weighted by Gasteiger charge is 2.18. The molecule has 0 radical (unpaired) electrons. The molecular weight excluding hydrogens is 412 g/mol. The van der Waals surface area contributed by atoms with Crippen LogP contribution in [-0.2, 0) is 0 Å². The summed E-state index contributed by atoms with van der Waals surface area (Å²) in [4.78, 5) is 18.8. The molecule has 1 N–H and O–H groups in total. The van der Waals surface area contributed by atoms with Crippen LogP contribution >= 0.6 is 11.8 Å². The topological polar surface area (TPSA) is 78.3 Å². The molecule has 0 spiro atoms. The Morgan fingerprint density at radius 3 is 2.42 bits per heavy atom. The molecule has 0 saturated heterocycles. The van der Waals surface area contributed by atoms with Crippen molar-refractivity contribution in [3.05, 3.63) is 84.9 Å². The standard InChI is InChI=1S/C23H18N4O3S/c28-23(16-6-8-17(9-7-16)27-15-24-14-25-27)26-19-12-20-21(30-11-10-29-20)13-22(19)31-18-4-2-1-3-5-18/h1-9,12-15H,10-11H2,(H,26,28). The number of carbonyl (C=O) groups excluding carboxylic acids is 1. The second-order valence-electron chi connectivity index (χ2n) is 6.75. The van der Waals surface area contributed by atoms with E-state index in [0.29, 0.717) is 36.0 Å². The molecule has 2 heterocycles. The first-order valence-electron chi connectivity index (χ1n) is 9.69. The Balaban J connectivity index is 1.42. The quantitative estimate of drug-likeness (QED) is 0.504. The van der Waals surface area contributed by atoms with Crippen molar-refractivity contribution in [1.29, 1.82) is 0 Å². The van der Waals surface area contributed by atoms with Crippen LogP contribution in [0.4, 0.5) is 5.69 Å². The number of amides is 1. The van der Waals surface area contributed by atoms with Gasteiger partial charge in [-0.25, -0.2) is 9.67 Å². The van der Waals surface area contributed by atoms with Crippen LogP contribution in [0.1, 0.15) is 10.4 Å². The van der Waals surface area contributed by atoms with Crippen molar-refractivity contribution in [2.75, 3.05) is 18.5 Å².